The summed E-state index contributed by atoms with van der Waals surface area (Å²) >= 11 is 1.55. The van der Waals surface area contributed by atoms with Crippen LogP contribution in [-0.4, -0.2) is 49.2 Å². The largest absolute Gasteiger partial charge is 1.00 e. The van der Waals surface area contributed by atoms with Crippen molar-refractivity contribution < 1.29 is 57.9 Å². The maximum absolute atomic E-state index is 5.94. The standard InChI is InChI=1S/2C12H23OSi2.C3H6.2ClH.Zr/c2*1-14(2,3)13-10-11-15(4,5)12-8-6-7-9-12;1-3-2;;;/h2*8-9H,6,10-11H2,1-5H3;1-2H3;2*1H;/q2*-1;;;;+2/p-2. The van der Waals surface area contributed by atoms with E-state index in [9.17, 15) is 0 Å². The molecule has 2 aliphatic carbocycles. The van der Waals surface area contributed by atoms with E-state index in [0.717, 1.165) is 26.1 Å². The van der Waals surface area contributed by atoms with Crippen LogP contribution in [-0.2, 0) is 33.1 Å². The van der Waals surface area contributed by atoms with E-state index in [4.69, 9.17) is 8.85 Å². The van der Waals surface area contributed by atoms with Gasteiger partial charge in [0, 0.05) is 13.2 Å². The fourth-order valence-corrected chi connectivity index (χ4v) is 9.18. The molecule has 2 nitrogen and oxygen atoms in total. The Morgan fingerprint density at radius 2 is 0.972 bits per heavy atom. The van der Waals surface area contributed by atoms with Crippen molar-refractivity contribution in [1.82, 2.24) is 0 Å². The van der Waals surface area contributed by atoms with E-state index in [1.165, 1.54) is 15.3 Å². The Bertz CT molecular complexity index is 701. The Labute approximate surface area is 256 Å². The van der Waals surface area contributed by atoms with Crippen LogP contribution in [0.3, 0.4) is 0 Å². The smallest absolute Gasteiger partial charge is 0.183 e. The number of hydrogen-bond acceptors (Lipinski definition) is 2. The van der Waals surface area contributed by atoms with Gasteiger partial charge < -0.3 is 33.7 Å². The van der Waals surface area contributed by atoms with Crippen LogP contribution in [0, 0.1) is 12.2 Å². The summed E-state index contributed by atoms with van der Waals surface area (Å²) in [5.41, 5.74) is 0. The molecule has 0 fully saturated rings. The second-order valence-electron chi connectivity index (χ2n) is 12.6. The van der Waals surface area contributed by atoms with Crippen molar-refractivity contribution in [2.45, 2.75) is 104 Å². The van der Waals surface area contributed by atoms with E-state index < -0.39 is 32.8 Å². The number of hydrogen-bond donors (Lipinski definition) is 0. The average molecular weight is 683 g/mol. The molecule has 0 aromatic carbocycles. The molecule has 0 unspecified atom stereocenters. The molecular weight excluding hydrogens is 631 g/mol. The summed E-state index contributed by atoms with van der Waals surface area (Å²) in [6.45, 7) is 29.4. The van der Waals surface area contributed by atoms with Crippen molar-refractivity contribution in [3.05, 3.63) is 46.8 Å². The molecule has 0 aliphatic heterocycles. The van der Waals surface area contributed by atoms with Gasteiger partial charge in [0.15, 0.2) is 16.6 Å². The van der Waals surface area contributed by atoms with E-state index >= 15 is 0 Å². The quantitative estimate of drug-likeness (QED) is 0.260. The number of halogens is 2. The summed E-state index contributed by atoms with van der Waals surface area (Å²) in [5, 5.41) is 3.11. The Morgan fingerprint density at radius 1 is 0.694 bits per heavy atom. The second-order valence-corrected chi connectivity index (χ2v) is 33.8. The molecule has 0 atom stereocenters. The van der Waals surface area contributed by atoms with Gasteiger partial charge in [-0.25, -0.2) is 22.5 Å². The third-order valence-corrected chi connectivity index (χ3v) is 14.4. The van der Waals surface area contributed by atoms with Crippen LogP contribution in [0.15, 0.2) is 34.7 Å². The normalized spacial score (nSPS) is 14.9. The predicted molar refractivity (Wildman–Crippen MR) is 161 cm³/mol. The van der Waals surface area contributed by atoms with Crippen LogP contribution >= 0.6 is 0 Å². The molecule has 2 aliphatic rings. The van der Waals surface area contributed by atoms with Crippen molar-refractivity contribution in [3.63, 3.8) is 0 Å². The first-order valence-corrected chi connectivity index (χ1v) is 27.2. The monoisotopic (exact) mass is 680 g/mol. The molecular formula is C27H52Cl2O2Si4Zr-2. The summed E-state index contributed by atoms with van der Waals surface area (Å²) in [4.78, 5) is 0. The minimum absolute atomic E-state index is 0. The molecule has 9 heteroatoms. The summed E-state index contributed by atoms with van der Waals surface area (Å²) < 4.78 is 13.4. The van der Waals surface area contributed by atoms with Gasteiger partial charge in [0.2, 0.25) is 0 Å². The molecule has 36 heavy (non-hydrogen) atoms. The molecule has 0 N–H and O–H groups in total. The third kappa shape index (κ3) is 22.0. The molecule has 0 heterocycles. The van der Waals surface area contributed by atoms with Gasteiger partial charge >= 0.3 is 41.3 Å². The zero-order valence-electron chi connectivity index (χ0n) is 25.1. The van der Waals surface area contributed by atoms with Gasteiger partial charge in [-0.1, -0.05) is 26.2 Å². The Hall–Kier alpha value is 1.08. The van der Waals surface area contributed by atoms with Gasteiger partial charge in [-0.05, 0) is 67.5 Å². The maximum Gasteiger partial charge on any atom is 0.183 e. The Morgan fingerprint density at radius 3 is 1.17 bits per heavy atom. The molecule has 0 radical (unpaired) electrons. The first-order chi connectivity index (χ1) is 15.4. The van der Waals surface area contributed by atoms with Crippen molar-refractivity contribution in [3.8, 4) is 0 Å². The summed E-state index contributed by atoms with van der Waals surface area (Å²) in [7, 11) is -5.10. The average Bonchev–Trinajstić information content (AvgIpc) is 3.34. The Balaban J connectivity index is -0.000000502. The van der Waals surface area contributed by atoms with E-state index in [0.29, 0.717) is 0 Å². The second kappa shape index (κ2) is 19.2. The molecule has 0 aromatic heterocycles. The first-order valence-electron chi connectivity index (χ1n) is 12.7. The number of allylic oxidation sites excluding steroid dienone is 8. The fraction of sp³-hybridized carbons (Fsp3) is 0.667. The van der Waals surface area contributed by atoms with Crippen molar-refractivity contribution in [2.24, 2.45) is 0 Å². The van der Waals surface area contributed by atoms with Crippen LogP contribution in [0.1, 0.15) is 26.7 Å². The summed E-state index contributed by atoms with van der Waals surface area (Å²) in [5.74, 6) is 0. The Kier molecular flexibility index (Phi) is 22.2. The van der Waals surface area contributed by atoms with Gasteiger partial charge in [0.05, 0.1) is 0 Å². The molecule has 0 saturated carbocycles. The van der Waals surface area contributed by atoms with Crippen LogP contribution in [0.2, 0.25) is 77.6 Å². The molecule has 0 aromatic rings. The fourth-order valence-electron chi connectivity index (χ4n) is 3.25. The van der Waals surface area contributed by atoms with Crippen LogP contribution in [0.5, 0.6) is 0 Å². The third-order valence-electron chi connectivity index (χ3n) is 5.48. The van der Waals surface area contributed by atoms with E-state index in [-0.39, 0.29) is 24.8 Å². The zero-order chi connectivity index (χ0) is 26.6. The van der Waals surface area contributed by atoms with E-state index in [1.807, 2.05) is 0 Å². The molecule has 2 rings (SSSR count). The molecule has 0 spiro atoms. The minimum atomic E-state index is -1.32. The summed E-state index contributed by atoms with van der Waals surface area (Å²) in [6, 6.07) is 2.47. The van der Waals surface area contributed by atoms with Crippen molar-refractivity contribution >= 4 is 36.0 Å². The molecule has 0 saturated heterocycles. The minimum Gasteiger partial charge on any atom is -1.00 e. The SMILES string of the molecule is C[C](C)=[Zr+2].C[Si](C)(C)OCC[Si](C)(C)C1=CC[C-]=C1.C[Si](C)(C)OCC[Si](C)(C)C1=CC[C-]=C1.[Cl-].[Cl-]. The van der Waals surface area contributed by atoms with Gasteiger partial charge in [-0.3, -0.25) is 12.2 Å². The van der Waals surface area contributed by atoms with Crippen LogP contribution < -0.4 is 24.8 Å². The molecule has 0 amide bonds. The summed E-state index contributed by atoms with van der Waals surface area (Å²) in [6.07, 6.45) is 17.6. The van der Waals surface area contributed by atoms with Crippen molar-refractivity contribution in [1.29, 1.82) is 0 Å². The van der Waals surface area contributed by atoms with Gasteiger partial charge in [-0.15, -0.1) is 12.8 Å². The maximum atomic E-state index is 5.94. The van der Waals surface area contributed by atoms with Crippen LogP contribution in [0.25, 0.3) is 0 Å². The predicted octanol–water partition coefficient (Wildman–Crippen LogP) is 2.30. The van der Waals surface area contributed by atoms with E-state index in [2.05, 4.69) is 116 Å². The van der Waals surface area contributed by atoms with Crippen molar-refractivity contribution in [2.75, 3.05) is 13.2 Å². The molecule has 0 bridgehead atoms. The molecule has 208 valence electrons. The van der Waals surface area contributed by atoms with Crippen LogP contribution in [0.4, 0.5) is 0 Å². The first kappa shape index (κ1) is 41.6. The van der Waals surface area contributed by atoms with Gasteiger partial charge in [0.1, 0.15) is 0 Å². The zero-order valence-corrected chi connectivity index (χ0v) is 33.1. The van der Waals surface area contributed by atoms with Gasteiger partial charge in [-0.2, -0.15) is 12.2 Å². The topological polar surface area (TPSA) is 18.5 Å². The van der Waals surface area contributed by atoms with E-state index in [1.54, 1.807) is 34.6 Å². The van der Waals surface area contributed by atoms with Gasteiger partial charge in [0.25, 0.3) is 0 Å². The number of rotatable bonds is 10.